The molecule has 1 aromatic heterocycles. The van der Waals surface area contributed by atoms with E-state index >= 15 is 0 Å². The van der Waals surface area contributed by atoms with Crippen LogP contribution >= 0.6 is 0 Å². The second-order valence-corrected chi connectivity index (χ2v) is 10.0. The van der Waals surface area contributed by atoms with Crippen LogP contribution in [0.3, 0.4) is 0 Å². The predicted octanol–water partition coefficient (Wildman–Crippen LogP) is 2.37. The highest BCUT2D eigenvalue weighted by molar-refractivity contribution is 5.89. The molecule has 0 saturated carbocycles. The molecule has 3 aliphatic heterocycles. The molecule has 34 heavy (non-hydrogen) atoms. The zero-order valence-electron chi connectivity index (χ0n) is 20.4. The van der Waals surface area contributed by atoms with Gasteiger partial charge in [0.25, 0.3) is 0 Å². The zero-order chi connectivity index (χ0) is 24.0. The van der Waals surface area contributed by atoms with Crippen molar-refractivity contribution in [3.05, 3.63) is 29.5 Å². The third kappa shape index (κ3) is 3.58. The molecule has 2 fully saturated rings. The number of benzene rings is 1. The average molecular weight is 470 g/mol. The molecule has 1 atom stereocenters. The van der Waals surface area contributed by atoms with Crippen molar-refractivity contribution in [2.45, 2.75) is 44.1 Å². The standard InChI is InChI=1S/C26H35N3O5/c1-17(31)29-16-26(8-10-28(11-9-26)25(32)18-6-12-34-13-7-18)23-20-5-4-19(33-3)14-21(20)27(2)24(23)22(29)15-30/h4-5,14,18,22,30H,6-13,15-16H2,1-3H3/t22-/m1/s1. The Bertz CT molecular complexity index is 1100. The summed E-state index contributed by atoms with van der Waals surface area (Å²) in [7, 11) is 3.66. The van der Waals surface area contributed by atoms with Gasteiger partial charge in [0.15, 0.2) is 0 Å². The van der Waals surface area contributed by atoms with Gasteiger partial charge in [-0.05, 0) is 43.4 Å². The van der Waals surface area contributed by atoms with Crippen LogP contribution in [0.25, 0.3) is 10.9 Å². The zero-order valence-corrected chi connectivity index (χ0v) is 20.4. The number of aliphatic hydroxyl groups excluding tert-OH is 1. The molecule has 5 rings (SSSR count). The predicted molar refractivity (Wildman–Crippen MR) is 128 cm³/mol. The molecule has 1 N–H and O–H groups in total. The number of piperidine rings is 1. The van der Waals surface area contributed by atoms with Crippen molar-refractivity contribution in [1.29, 1.82) is 0 Å². The van der Waals surface area contributed by atoms with Crippen molar-refractivity contribution in [2.24, 2.45) is 13.0 Å². The second kappa shape index (κ2) is 8.89. The summed E-state index contributed by atoms with van der Waals surface area (Å²) in [4.78, 5) is 29.7. The molecule has 0 bridgehead atoms. The summed E-state index contributed by atoms with van der Waals surface area (Å²) >= 11 is 0. The van der Waals surface area contributed by atoms with E-state index in [-0.39, 0.29) is 35.8 Å². The number of likely N-dealkylation sites (tertiary alicyclic amines) is 1. The molecule has 3 aliphatic rings. The summed E-state index contributed by atoms with van der Waals surface area (Å²) in [6, 6.07) is 5.72. The monoisotopic (exact) mass is 469 g/mol. The first-order valence-electron chi connectivity index (χ1n) is 12.3. The first kappa shape index (κ1) is 23.2. The number of hydrogen-bond donors (Lipinski definition) is 1. The fourth-order valence-corrected chi connectivity index (χ4v) is 6.46. The Morgan fingerprint density at radius 3 is 2.53 bits per heavy atom. The lowest BCUT2D eigenvalue weighted by atomic mass is 9.68. The smallest absolute Gasteiger partial charge is 0.225 e. The lowest BCUT2D eigenvalue weighted by molar-refractivity contribution is -0.142. The maximum Gasteiger partial charge on any atom is 0.225 e. The number of rotatable bonds is 3. The topological polar surface area (TPSA) is 84.2 Å². The molecule has 1 aromatic carbocycles. The summed E-state index contributed by atoms with van der Waals surface area (Å²) in [6.07, 6.45) is 3.18. The van der Waals surface area contributed by atoms with Crippen LogP contribution in [0.15, 0.2) is 18.2 Å². The minimum atomic E-state index is -0.386. The van der Waals surface area contributed by atoms with Crippen LogP contribution in [-0.2, 0) is 26.8 Å². The van der Waals surface area contributed by atoms with E-state index in [9.17, 15) is 14.7 Å². The Labute approximate surface area is 200 Å². The average Bonchev–Trinajstić information content (AvgIpc) is 3.17. The van der Waals surface area contributed by atoms with Crippen LogP contribution in [0.4, 0.5) is 0 Å². The second-order valence-electron chi connectivity index (χ2n) is 10.0. The molecule has 2 saturated heterocycles. The van der Waals surface area contributed by atoms with Crippen molar-refractivity contribution in [1.82, 2.24) is 14.4 Å². The number of aryl methyl sites for hydroxylation is 1. The lowest BCUT2D eigenvalue weighted by Crippen LogP contribution is -2.56. The first-order valence-corrected chi connectivity index (χ1v) is 12.3. The van der Waals surface area contributed by atoms with Crippen molar-refractivity contribution in [2.75, 3.05) is 46.6 Å². The summed E-state index contributed by atoms with van der Waals surface area (Å²) in [5, 5.41) is 11.5. The number of fused-ring (bicyclic) bond motifs is 4. The highest BCUT2D eigenvalue weighted by atomic mass is 16.5. The Morgan fingerprint density at radius 2 is 1.91 bits per heavy atom. The highest BCUT2D eigenvalue weighted by Crippen LogP contribution is 2.50. The van der Waals surface area contributed by atoms with Gasteiger partial charge in [0.05, 0.1) is 25.3 Å². The van der Waals surface area contributed by atoms with E-state index in [0.29, 0.717) is 32.8 Å². The van der Waals surface area contributed by atoms with Crippen LogP contribution in [-0.4, -0.2) is 77.9 Å². The molecule has 2 amide bonds. The van der Waals surface area contributed by atoms with Gasteiger partial charge in [-0.2, -0.15) is 0 Å². The van der Waals surface area contributed by atoms with E-state index in [4.69, 9.17) is 9.47 Å². The van der Waals surface area contributed by atoms with Gasteiger partial charge in [0, 0.05) is 75.3 Å². The molecular formula is C26H35N3O5. The number of carbonyl (C=O) groups excluding carboxylic acids is 2. The number of carbonyl (C=O) groups is 2. The van der Waals surface area contributed by atoms with E-state index in [1.54, 1.807) is 14.0 Å². The number of methoxy groups -OCH3 is 1. The fourth-order valence-electron chi connectivity index (χ4n) is 6.46. The highest BCUT2D eigenvalue weighted by Gasteiger charge is 2.49. The third-order valence-electron chi connectivity index (χ3n) is 8.33. The van der Waals surface area contributed by atoms with Crippen molar-refractivity contribution >= 4 is 22.7 Å². The molecule has 2 aromatic rings. The number of amides is 2. The Hall–Kier alpha value is -2.58. The van der Waals surface area contributed by atoms with E-state index in [2.05, 4.69) is 10.6 Å². The van der Waals surface area contributed by atoms with Crippen LogP contribution in [0.1, 0.15) is 49.9 Å². The largest absolute Gasteiger partial charge is 0.497 e. The molecule has 4 heterocycles. The van der Waals surface area contributed by atoms with Gasteiger partial charge >= 0.3 is 0 Å². The molecule has 184 valence electrons. The molecule has 0 radical (unpaired) electrons. The van der Waals surface area contributed by atoms with Gasteiger partial charge in [-0.1, -0.05) is 0 Å². The van der Waals surface area contributed by atoms with Gasteiger partial charge in [0.2, 0.25) is 11.8 Å². The molecule has 8 heteroatoms. The normalized spacial score (nSPS) is 22.8. The number of hydrogen-bond acceptors (Lipinski definition) is 5. The fraction of sp³-hybridized carbons (Fsp3) is 0.615. The van der Waals surface area contributed by atoms with Crippen molar-refractivity contribution in [3.8, 4) is 5.75 Å². The lowest BCUT2D eigenvalue weighted by Gasteiger charge is -2.50. The van der Waals surface area contributed by atoms with E-state index < -0.39 is 0 Å². The molecular weight excluding hydrogens is 434 g/mol. The minimum Gasteiger partial charge on any atom is -0.497 e. The Morgan fingerprint density at radius 1 is 1.21 bits per heavy atom. The number of ether oxygens (including phenoxy) is 2. The van der Waals surface area contributed by atoms with Crippen LogP contribution in [0.5, 0.6) is 5.75 Å². The van der Waals surface area contributed by atoms with Gasteiger partial charge in [-0.3, -0.25) is 9.59 Å². The SMILES string of the molecule is COc1ccc2c3c(n(C)c2c1)[C@@H](CO)N(C(C)=O)CC31CCN(C(=O)C2CCOCC2)CC1. The summed E-state index contributed by atoms with van der Waals surface area (Å²) < 4.78 is 13.0. The molecule has 8 nitrogen and oxygen atoms in total. The maximum absolute atomic E-state index is 13.2. The molecule has 1 spiro atoms. The third-order valence-corrected chi connectivity index (χ3v) is 8.33. The van der Waals surface area contributed by atoms with E-state index in [0.717, 1.165) is 48.0 Å². The summed E-state index contributed by atoms with van der Waals surface area (Å²) in [5.41, 5.74) is 3.00. The molecule has 0 unspecified atom stereocenters. The van der Waals surface area contributed by atoms with Crippen LogP contribution in [0.2, 0.25) is 0 Å². The van der Waals surface area contributed by atoms with Crippen molar-refractivity contribution in [3.63, 3.8) is 0 Å². The first-order chi connectivity index (χ1) is 16.4. The van der Waals surface area contributed by atoms with Gasteiger partial charge in [-0.25, -0.2) is 0 Å². The number of aliphatic hydroxyl groups is 1. The van der Waals surface area contributed by atoms with Crippen LogP contribution < -0.4 is 4.74 Å². The van der Waals surface area contributed by atoms with Crippen molar-refractivity contribution < 1.29 is 24.2 Å². The van der Waals surface area contributed by atoms with E-state index in [1.807, 2.05) is 29.0 Å². The Balaban J connectivity index is 1.55. The van der Waals surface area contributed by atoms with Crippen LogP contribution in [0, 0.1) is 5.92 Å². The maximum atomic E-state index is 13.2. The summed E-state index contributed by atoms with van der Waals surface area (Å²) in [6.45, 7) is 4.69. The minimum absolute atomic E-state index is 0.0346. The van der Waals surface area contributed by atoms with Gasteiger partial charge in [0.1, 0.15) is 5.75 Å². The van der Waals surface area contributed by atoms with Gasteiger partial charge in [-0.15, -0.1) is 0 Å². The molecule has 0 aliphatic carbocycles. The number of nitrogens with zero attached hydrogens (tertiary/aromatic N) is 3. The number of aromatic nitrogens is 1. The Kier molecular flexibility index (Phi) is 6.06. The van der Waals surface area contributed by atoms with Gasteiger partial charge < -0.3 is 28.9 Å². The quantitative estimate of drug-likeness (QED) is 0.746. The van der Waals surface area contributed by atoms with E-state index in [1.165, 1.54) is 5.56 Å². The summed E-state index contributed by atoms with van der Waals surface area (Å²) in [5.74, 6) is 1.05.